The zero-order chi connectivity index (χ0) is 12.7. The zero-order valence-electron chi connectivity index (χ0n) is 10.2. The van der Waals surface area contributed by atoms with E-state index in [4.69, 9.17) is 4.74 Å². The molecule has 1 amide bonds. The molecule has 1 aromatic carbocycles. The van der Waals surface area contributed by atoms with Gasteiger partial charge in [-0.1, -0.05) is 35.0 Å². The lowest BCUT2D eigenvalue weighted by Gasteiger charge is -2.14. The minimum absolute atomic E-state index is 0.0459. The average molecular weight is 300 g/mol. The highest BCUT2D eigenvalue weighted by Crippen LogP contribution is 2.13. The number of hydrogen-bond donors (Lipinski definition) is 1. The van der Waals surface area contributed by atoms with Crippen LogP contribution < -0.4 is 10.1 Å². The molecular weight excluding hydrogens is 282 g/mol. The molecule has 0 aliphatic carbocycles. The molecule has 1 N–H and O–H groups in total. The molecule has 0 aliphatic rings. The number of methoxy groups -OCH3 is 1. The summed E-state index contributed by atoms with van der Waals surface area (Å²) in [7, 11) is 1.62. The number of alkyl halides is 1. The Labute approximate surface area is 111 Å². The van der Waals surface area contributed by atoms with Crippen LogP contribution in [0.4, 0.5) is 0 Å². The van der Waals surface area contributed by atoms with Gasteiger partial charge in [0.15, 0.2) is 0 Å². The van der Waals surface area contributed by atoms with Gasteiger partial charge in [-0.2, -0.15) is 0 Å². The maximum Gasteiger partial charge on any atom is 0.224 e. The Kier molecular flexibility index (Phi) is 6.05. The van der Waals surface area contributed by atoms with E-state index >= 15 is 0 Å². The van der Waals surface area contributed by atoms with Crippen LogP contribution in [0.2, 0.25) is 0 Å². The van der Waals surface area contributed by atoms with Gasteiger partial charge in [-0.25, -0.2) is 0 Å². The number of carbonyl (C=O) groups excluding carboxylic acids is 1. The van der Waals surface area contributed by atoms with Crippen LogP contribution in [0, 0.1) is 0 Å². The summed E-state index contributed by atoms with van der Waals surface area (Å²) in [5, 5.41) is 3.76. The first-order valence-corrected chi connectivity index (χ1v) is 6.80. The van der Waals surface area contributed by atoms with Crippen LogP contribution >= 0.6 is 15.9 Å². The van der Waals surface area contributed by atoms with Crippen LogP contribution in [0.25, 0.3) is 0 Å². The molecule has 0 saturated carbocycles. The molecule has 1 aromatic rings. The van der Waals surface area contributed by atoms with Gasteiger partial charge in [0.25, 0.3) is 0 Å². The first-order valence-electron chi connectivity index (χ1n) is 5.67. The number of hydrogen-bond acceptors (Lipinski definition) is 2. The van der Waals surface area contributed by atoms with Crippen molar-refractivity contribution in [2.24, 2.45) is 0 Å². The minimum atomic E-state index is 0.0459. The fourth-order valence-corrected chi connectivity index (χ4v) is 2.12. The summed E-state index contributed by atoms with van der Waals surface area (Å²) in [6, 6.07) is 7.78. The van der Waals surface area contributed by atoms with Crippen LogP contribution in [0.15, 0.2) is 24.3 Å². The van der Waals surface area contributed by atoms with Crippen molar-refractivity contribution in [3.63, 3.8) is 0 Å². The van der Waals surface area contributed by atoms with Crippen LogP contribution in [0.3, 0.4) is 0 Å². The molecule has 0 heterocycles. The Morgan fingerprint density at radius 1 is 1.53 bits per heavy atom. The Morgan fingerprint density at radius 2 is 2.29 bits per heavy atom. The number of benzene rings is 1. The summed E-state index contributed by atoms with van der Waals surface area (Å²) < 4.78 is 5.12. The van der Waals surface area contributed by atoms with E-state index in [-0.39, 0.29) is 11.9 Å². The quantitative estimate of drug-likeness (QED) is 0.820. The summed E-state index contributed by atoms with van der Waals surface area (Å²) in [5.74, 6) is 0.826. The van der Waals surface area contributed by atoms with Crippen molar-refractivity contribution in [1.29, 1.82) is 0 Å². The van der Waals surface area contributed by atoms with E-state index in [1.807, 2.05) is 24.3 Å². The van der Waals surface area contributed by atoms with E-state index in [2.05, 4.69) is 28.2 Å². The highest BCUT2D eigenvalue weighted by Gasteiger charge is 2.09. The molecule has 94 valence electrons. The first kappa shape index (κ1) is 14.0. The lowest BCUT2D eigenvalue weighted by Crippen LogP contribution is -2.36. The molecule has 0 aliphatic heterocycles. The van der Waals surface area contributed by atoms with E-state index in [0.29, 0.717) is 6.42 Å². The van der Waals surface area contributed by atoms with E-state index in [9.17, 15) is 4.79 Å². The van der Waals surface area contributed by atoms with Crippen molar-refractivity contribution in [2.75, 3.05) is 12.4 Å². The molecule has 17 heavy (non-hydrogen) atoms. The van der Waals surface area contributed by atoms with Gasteiger partial charge in [0.2, 0.25) is 5.91 Å². The fraction of sp³-hybridized carbons (Fsp3) is 0.462. The molecule has 0 spiro atoms. The Balaban J connectivity index is 2.55. The molecular formula is C13H18BrNO2. The molecule has 4 heteroatoms. The molecule has 0 bridgehead atoms. The average Bonchev–Trinajstić information content (AvgIpc) is 2.36. The second kappa shape index (κ2) is 7.33. The molecule has 0 saturated heterocycles. The standard InChI is InChI=1S/C13H18BrNO2/c1-3-11(9-14)15-13(16)8-10-5-4-6-12(7-10)17-2/h4-7,11H,3,8-9H2,1-2H3,(H,15,16). The van der Waals surface area contributed by atoms with Crippen LogP contribution in [0.1, 0.15) is 18.9 Å². The Hall–Kier alpha value is -1.03. The number of amides is 1. The highest BCUT2D eigenvalue weighted by molar-refractivity contribution is 9.09. The van der Waals surface area contributed by atoms with Gasteiger partial charge >= 0.3 is 0 Å². The van der Waals surface area contributed by atoms with Gasteiger partial charge in [-0.3, -0.25) is 4.79 Å². The largest absolute Gasteiger partial charge is 0.497 e. The van der Waals surface area contributed by atoms with Crippen molar-refractivity contribution in [3.8, 4) is 5.75 Å². The van der Waals surface area contributed by atoms with Gasteiger partial charge in [0.1, 0.15) is 5.75 Å². The minimum Gasteiger partial charge on any atom is -0.497 e. The number of ether oxygens (including phenoxy) is 1. The fourth-order valence-electron chi connectivity index (χ4n) is 1.50. The van der Waals surface area contributed by atoms with Crippen LogP contribution in [-0.2, 0) is 11.2 Å². The summed E-state index contributed by atoms with van der Waals surface area (Å²) in [6.45, 7) is 2.05. The highest BCUT2D eigenvalue weighted by atomic mass is 79.9. The van der Waals surface area contributed by atoms with E-state index in [1.54, 1.807) is 7.11 Å². The Morgan fingerprint density at radius 3 is 2.88 bits per heavy atom. The summed E-state index contributed by atoms with van der Waals surface area (Å²) in [6.07, 6.45) is 1.32. The van der Waals surface area contributed by atoms with Crippen LogP contribution in [0.5, 0.6) is 5.75 Å². The van der Waals surface area contributed by atoms with Gasteiger partial charge in [0, 0.05) is 11.4 Å². The van der Waals surface area contributed by atoms with Gasteiger partial charge in [-0.15, -0.1) is 0 Å². The second-order valence-corrected chi connectivity index (χ2v) is 4.50. The molecule has 1 rings (SSSR count). The number of rotatable bonds is 6. The normalized spacial score (nSPS) is 11.9. The molecule has 0 radical (unpaired) electrons. The zero-order valence-corrected chi connectivity index (χ0v) is 11.8. The van der Waals surface area contributed by atoms with Gasteiger partial charge in [-0.05, 0) is 24.1 Å². The van der Waals surface area contributed by atoms with Crippen molar-refractivity contribution in [3.05, 3.63) is 29.8 Å². The topological polar surface area (TPSA) is 38.3 Å². The number of halogens is 1. The van der Waals surface area contributed by atoms with E-state index in [1.165, 1.54) is 0 Å². The number of carbonyl (C=O) groups is 1. The molecule has 0 aromatic heterocycles. The molecule has 1 unspecified atom stereocenters. The van der Waals surface area contributed by atoms with Crippen molar-refractivity contribution in [1.82, 2.24) is 5.32 Å². The van der Waals surface area contributed by atoms with E-state index < -0.39 is 0 Å². The summed E-state index contributed by atoms with van der Waals surface area (Å²) in [5.41, 5.74) is 0.964. The second-order valence-electron chi connectivity index (χ2n) is 3.86. The smallest absolute Gasteiger partial charge is 0.224 e. The van der Waals surface area contributed by atoms with Crippen molar-refractivity contribution < 1.29 is 9.53 Å². The SMILES string of the molecule is CCC(CBr)NC(=O)Cc1cccc(OC)c1. The van der Waals surface area contributed by atoms with Gasteiger partial charge < -0.3 is 10.1 Å². The van der Waals surface area contributed by atoms with Crippen molar-refractivity contribution >= 4 is 21.8 Å². The monoisotopic (exact) mass is 299 g/mol. The molecule has 1 atom stereocenters. The van der Waals surface area contributed by atoms with Crippen LogP contribution in [-0.4, -0.2) is 24.4 Å². The maximum absolute atomic E-state index is 11.8. The lowest BCUT2D eigenvalue weighted by atomic mass is 10.1. The predicted octanol–water partition coefficient (Wildman–Crippen LogP) is 2.53. The number of nitrogens with one attached hydrogen (secondary N) is 1. The molecule has 0 fully saturated rings. The third kappa shape index (κ3) is 4.77. The third-order valence-electron chi connectivity index (χ3n) is 2.54. The van der Waals surface area contributed by atoms with E-state index in [0.717, 1.165) is 23.1 Å². The first-order chi connectivity index (χ1) is 8.19. The predicted molar refractivity (Wildman–Crippen MR) is 72.7 cm³/mol. The maximum atomic E-state index is 11.8. The third-order valence-corrected chi connectivity index (χ3v) is 3.32. The lowest BCUT2D eigenvalue weighted by molar-refractivity contribution is -0.121. The summed E-state index contributed by atoms with van der Waals surface area (Å²) >= 11 is 3.38. The van der Waals surface area contributed by atoms with Gasteiger partial charge in [0.05, 0.1) is 13.5 Å². The molecule has 3 nitrogen and oxygen atoms in total. The Bertz CT molecular complexity index is 364. The summed E-state index contributed by atoms with van der Waals surface area (Å²) in [4.78, 5) is 11.8. The van der Waals surface area contributed by atoms with Crippen molar-refractivity contribution in [2.45, 2.75) is 25.8 Å².